The molecule has 0 aromatic heterocycles. The first kappa shape index (κ1) is 24.5. The summed E-state index contributed by atoms with van der Waals surface area (Å²) in [7, 11) is -0.808. The monoisotopic (exact) mass is 528 g/mol. The highest BCUT2D eigenvalue weighted by atomic mass is 31.1. The van der Waals surface area contributed by atoms with Gasteiger partial charge < -0.3 is 0 Å². The molecule has 0 saturated carbocycles. The van der Waals surface area contributed by atoms with Crippen LogP contribution < -0.4 is 15.9 Å². The van der Waals surface area contributed by atoms with Crippen molar-refractivity contribution < 1.29 is 0 Å². The number of hydrogen-bond acceptors (Lipinski definition) is 0. The summed E-state index contributed by atoms with van der Waals surface area (Å²) in [5, 5.41) is 9.22. The minimum Gasteiger partial charge on any atom is -0.0622 e. The van der Waals surface area contributed by atoms with E-state index in [9.17, 15) is 0 Å². The number of aryl methyl sites for hydroxylation is 1. The highest BCUT2D eigenvalue weighted by molar-refractivity contribution is 7.80. The third-order valence-electron chi connectivity index (χ3n) is 7.79. The molecule has 40 heavy (non-hydrogen) atoms. The summed E-state index contributed by atoms with van der Waals surface area (Å²) in [4.78, 5) is 0. The molecule has 0 saturated heterocycles. The molecule has 0 radical (unpaired) electrons. The second-order valence-corrected chi connectivity index (χ2v) is 12.4. The van der Waals surface area contributed by atoms with E-state index in [-0.39, 0.29) is 0 Å². The summed E-state index contributed by atoms with van der Waals surface area (Å²) in [6.45, 7) is 2.22. The molecule has 0 amide bonds. The second-order valence-electron chi connectivity index (χ2n) is 10.2. The van der Waals surface area contributed by atoms with Crippen molar-refractivity contribution in [3.63, 3.8) is 0 Å². The fourth-order valence-electron chi connectivity index (χ4n) is 5.93. The molecule has 0 aliphatic rings. The zero-order valence-corrected chi connectivity index (χ0v) is 23.4. The molecule has 0 N–H and O–H groups in total. The zero-order valence-electron chi connectivity index (χ0n) is 22.5. The predicted molar refractivity (Wildman–Crippen MR) is 176 cm³/mol. The topological polar surface area (TPSA) is 0 Å². The molecule has 0 atom stereocenters. The van der Waals surface area contributed by atoms with Crippen LogP contribution >= 0.6 is 7.92 Å². The molecule has 0 fully saturated rings. The Bertz CT molecular complexity index is 1920. The Kier molecular flexibility index (Phi) is 6.48. The molecule has 0 unspecified atom stereocenters. The lowest BCUT2D eigenvalue weighted by atomic mass is 9.86. The third kappa shape index (κ3) is 4.32. The van der Waals surface area contributed by atoms with Gasteiger partial charge >= 0.3 is 0 Å². The van der Waals surface area contributed by atoms with E-state index in [0.29, 0.717) is 0 Å². The maximum atomic E-state index is 2.40. The van der Waals surface area contributed by atoms with Gasteiger partial charge in [0.05, 0.1) is 0 Å². The Hall–Kier alpha value is -4.51. The van der Waals surface area contributed by atoms with E-state index in [1.165, 1.54) is 65.3 Å². The van der Waals surface area contributed by atoms with Gasteiger partial charge in [0.1, 0.15) is 0 Å². The summed E-state index contributed by atoms with van der Waals surface area (Å²) < 4.78 is 0. The summed E-state index contributed by atoms with van der Waals surface area (Å²) in [5.74, 6) is 0. The highest BCUT2D eigenvalue weighted by Crippen LogP contribution is 2.46. The van der Waals surface area contributed by atoms with Crippen LogP contribution in [-0.4, -0.2) is 0 Å². The van der Waals surface area contributed by atoms with Crippen LogP contribution in [0.2, 0.25) is 0 Å². The summed E-state index contributed by atoms with van der Waals surface area (Å²) in [6.07, 6.45) is 0. The van der Waals surface area contributed by atoms with E-state index in [4.69, 9.17) is 0 Å². The Labute approximate surface area is 237 Å². The van der Waals surface area contributed by atoms with Gasteiger partial charge in [-0.15, -0.1) is 0 Å². The van der Waals surface area contributed by atoms with E-state index in [1.807, 2.05) is 0 Å². The largest absolute Gasteiger partial charge is 0.0622 e. The fraction of sp³-hybridized carbons (Fsp3) is 0.0256. The smallest absolute Gasteiger partial charge is 0.000925 e. The van der Waals surface area contributed by atoms with Gasteiger partial charge in [-0.2, -0.15) is 0 Å². The van der Waals surface area contributed by atoms with Gasteiger partial charge in [-0.1, -0.05) is 158 Å². The standard InChI is InChI=1S/C39H29P/c1-28-14-8-11-21-33(28)36-26-24-29-15-9-12-22-34(29)38(36)39-35-23-13-10-16-30(35)25-27-37(39)40(31-17-4-2-5-18-31)32-19-6-3-7-20-32/h2-27H,1H3. The van der Waals surface area contributed by atoms with Crippen LogP contribution in [0.4, 0.5) is 0 Å². The van der Waals surface area contributed by atoms with Crippen LogP contribution in [0.1, 0.15) is 5.56 Å². The van der Waals surface area contributed by atoms with Crippen molar-refractivity contribution in [3.8, 4) is 22.3 Å². The SMILES string of the molecule is Cc1ccccc1-c1ccc2ccccc2c1-c1c(P(c2ccccc2)c2ccccc2)ccc2ccccc12. The van der Waals surface area contributed by atoms with E-state index >= 15 is 0 Å². The lowest BCUT2D eigenvalue weighted by Crippen LogP contribution is -2.22. The molecule has 0 aliphatic carbocycles. The Morgan fingerprint density at radius 1 is 0.375 bits per heavy atom. The van der Waals surface area contributed by atoms with Crippen molar-refractivity contribution >= 4 is 45.4 Å². The van der Waals surface area contributed by atoms with Gasteiger partial charge in [0.15, 0.2) is 0 Å². The number of fused-ring (bicyclic) bond motifs is 2. The lowest BCUT2D eigenvalue weighted by Gasteiger charge is -2.26. The van der Waals surface area contributed by atoms with Crippen LogP contribution in [0.25, 0.3) is 43.8 Å². The second kappa shape index (κ2) is 10.6. The minimum atomic E-state index is -0.808. The molecular weight excluding hydrogens is 499 g/mol. The van der Waals surface area contributed by atoms with Crippen molar-refractivity contribution in [3.05, 3.63) is 163 Å². The fourth-order valence-corrected chi connectivity index (χ4v) is 8.41. The average molecular weight is 529 g/mol. The summed E-state index contributed by atoms with van der Waals surface area (Å²) >= 11 is 0. The molecule has 7 aromatic rings. The van der Waals surface area contributed by atoms with Crippen molar-refractivity contribution in [1.29, 1.82) is 0 Å². The molecule has 0 bridgehead atoms. The first-order valence-corrected chi connectivity index (χ1v) is 15.1. The highest BCUT2D eigenvalue weighted by Gasteiger charge is 2.25. The maximum Gasteiger partial charge on any atom is -0.000925 e. The van der Waals surface area contributed by atoms with Gasteiger partial charge in [0.2, 0.25) is 0 Å². The molecule has 0 spiro atoms. The average Bonchev–Trinajstić information content (AvgIpc) is 3.02. The maximum absolute atomic E-state index is 2.40. The van der Waals surface area contributed by atoms with Gasteiger partial charge in [-0.05, 0) is 80.1 Å². The normalized spacial score (nSPS) is 11.3. The van der Waals surface area contributed by atoms with Crippen LogP contribution in [0.5, 0.6) is 0 Å². The Morgan fingerprint density at radius 2 is 0.875 bits per heavy atom. The molecule has 0 nitrogen and oxygen atoms in total. The molecule has 7 aromatic carbocycles. The number of rotatable bonds is 5. The van der Waals surface area contributed by atoms with E-state index < -0.39 is 7.92 Å². The van der Waals surface area contributed by atoms with Gasteiger partial charge in [-0.25, -0.2) is 0 Å². The first-order valence-electron chi connectivity index (χ1n) is 13.8. The van der Waals surface area contributed by atoms with Crippen molar-refractivity contribution in [1.82, 2.24) is 0 Å². The minimum absolute atomic E-state index is 0.808. The predicted octanol–water partition coefficient (Wildman–Crippen LogP) is 9.39. The van der Waals surface area contributed by atoms with Gasteiger partial charge in [0, 0.05) is 0 Å². The molecular formula is C39H29P. The lowest BCUT2D eigenvalue weighted by molar-refractivity contribution is 1.46. The summed E-state index contributed by atoms with van der Waals surface area (Å²) in [5.41, 5.74) is 6.51. The first-order chi connectivity index (χ1) is 19.8. The molecule has 0 aliphatic heterocycles. The Balaban J connectivity index is 1.66. The van der Waals surface area contributed by atoms with Crippen LogP contribution in [-0.2, 0) is 0 Å². The summed E-state index contributed by atoms with van der Waals surface area (Å²) in [6, 6.07) is 57.9. The van der Waals surface area contributed by atoms with Crippen molar-refractivity contribution in [2.45, 2.75) is 6.92 Å². The molecule has 1 heteroatoms. The number of hydrogen-bond donors (Lipinski definition) is 0. The van der Waals surface area contributed by atoms with E-state index in [0.717, 1.165) is 0 Å². The van der Waals surface area contributed by atoms with E-state index in [1.54, 1.807) is 0 Å². The Morgan fingerprint density at radius 3 is 1.50 bits per heavy atom. The van der Waals surface area contributed by atoms with Crippen molar-refractivity contribution in [2.75, 3.05) is 0 Å². The van der Waals surface area contributed by atoms with Gasteiger partial charge in [-0.3, -0.25) is 0 Å². The quantitative estimate of drug-likeness (QED) is 0.195. The molecule has 7 rings (SSSR count). The molecule has 190 valence electrons. The van der Waals surface area contributed by atoms with Crippen molar-refractivity contribution in [2.24, 2.45) is 0 Å². The van der Waals surface area contributed by atoms with Crippen LogP contribution in [0.3, 0.4) is 0 Å². The van der Waals surface area contributed by atoms with Crippen LogP contribution in [0.15, 0.2) is 158 Å². The number of benzene rings is 7. The molecule has 0 heterocycles. The van der Waals surface area contributed by atoms with Crippen LogP contribution in [0, 0.1) is 6.92 Å². The third-order valence-corrected chi connectivity index (χ3v) is 10.3. The van der Waals surface area contributed by atoms with E-state index in [2.05, 4.69) is 165 Å². The zero-order chi connectivity index (χ0) is 26.9. The van der Waals surface area contributed by atoms with Gasteiger partial charge in [0.25, 0.3) is 0 Å².